The summed E-state index contributed by atoms with van der Waals surface area (Å²) in [5, 5.41) is 5.89. The lowest BCUT2D eigenvalue weighted by Crippen LogP contribution is -2.12. The number of nitrogens with one attached hydrogen (secondary N) is 2. The predicted molar refractivity (Wildman–Crippen MR) is 140 cm³/mol. The van der Waals surface area contributed by atoms with Gasteiger partial charge >= 0.3 is 6.18 Å². The minimum atomic E-state index is -4.47. The molecule has 0 unspecified atom stereocenters. The highest BCUT2D eigenvalue weighted by Gasteiger charge is 2.33. The summed E-state index contributed by atoms with van der Waals surface area (Å²) in [5.41, 5.74) is 5.46. The van der Waals surface area contributed by atoms with Gasteiger partial charge in [0.05, 0.1) is 11.3 Å². The number of para-hydroxylation sites is 1. The Morgan fingerprint density at radius 2 is 1.26 bits per heavy atom. The number of nitrogen functional groups attached to an aromatic ring is 1. The summed E-state index contributed by atoms with van der Waals surface area (Å²) in [7, 11) is 0. The molecule has 1 aromatic heterocycles. The molecule has 0 aliphatic rings. The topological polar surface area (TPSA) is 75.9 Å². The lowest BCUT2D eigenvalue weighted by molar-refractivity contribution is -0.136. The minimum absolute atomic E-state index is 0.0941. The van der Waals surface area contributed by atoms with E-state index in [0.29, 0.717) is 12.4 Å². The van der Waals surface area contributed by atoms with Crippen molar-refractivity contribution in [1.29, 1.82) is 0 Å². The van der Waals surface area contributed by atoms with Crippen LogP contribution in [0.2, 0.25) is 0 Å². The number of hydrogen-bond acceptors (Lipinski definition) is 5. The smallest absolute Gasteiger partial charge is 0.393 e. The Balaban J connectivity index is 1.61. The standard InChI is InChI=1S/C27H42F3N5/c1-2-3-4-5-6-7-8-9-10-11-12-13-14-17-20-32-25-24(31)26(34-21-33-25)35-23-19-16-15-18-22(23)27(28,29)30/h15-16,18-19,21H,2-14,17,20,31H2,1H3,(H2,32,33,34,35). The number of aromatic nitrogens is 2. The summed E-state index contributed by atoms with van der Waals surface area (Å²) in [6.07, 6.45) is 15.0. The van der Waals surface area contributed by atoms with Gasteiger partial charge in [-0.3, -0.25) is 0 Å². The van der Waals surface area contributed by atoms with Crippen molar-refractivity contribution in [1.82, 2.24) is 9.97 Å². The van der Waals surface area contributed by atoms with Gasteiger partial charge in [-0.15, -0.1) is 0 Å². The van der Waals surface area contributed by atoms with Crippen molar-refractivity contribution < 1.29 is 13.2 Å². The molecule has 5 nitrogen and oxygen atoms in total. The fourth-order valence-corrected chi connectivity index (χ4v) is 4.13. The summed E-state index contributed by atoms with van der Waals surface area (Å²) in [4.78, 5) is 8.17. The lowest BCUT2D eigenvalue weighted by atomic mass is 10.0. The van der Waals surface area contributed by atoms with Gasteiger partial charge in [0.25, 0.3) is 0 Å². The van der Waals surface area contributed by atoms with Gasteiger partial charge in [0.15, 0.2) is 11.6 Å². The molecule has 0 spiro atoms. The van der Waals surface area contributed by atoms with Crippen molar-refractivity contribution in [2.75, 3.05) is 22.9 Å². The van der Waals surface area contributed by atoms with E-state index < -0.39 is 11.7 Å². The number of rotatable bonds is 18. The quantitative estimate of drug-likeness (QED) is 0.181. The Morgan fingerprint density at radius 3 is 1.83 bits per heavy atom. The molecule has 2 rings (SSSR count). The first kappa shape index (κ1) is 28.7. The average Bonchev–Trinajstić information content (AvgIpc) is 2.83. The van der Waals surface area contributed by atoms with Crippen LogP contribution in [0, 0.1) is 0 Å². The van der Waals surface area contributed by atoms with Gasteiger partial charge in [0, 0.05) is 6.54 Å². The molecular weight excluding hydrogens is 451 g/mol. The van der Waals surface area contributed by atoms with Crippen molar-refractivity contribution in [3.63, 3.8) is 0 Å². The molecular formula is C27H42F3N5. The number of nitrogens with two attached hydrogens (primary N) is 1. The first-order valence-electron chi connectivity index (χ1n) is 13.2. The fourth-order valence-electron chi connectivity index (χ4n) is 4.13. The molecule has 0 radical (unpaired) electrons. The maximum Gasteiger partial charge on any atom is 0.418 e. The van der Waals surface area contributed by atoms with Gasteiger partial charge in [-0.1, -0.05) is 103 Å². The summed E-state index contributed by atoms with van der Waals surface area (Å²) in [6, 6.07) is 5.26. The normalized spacial score (nSPS) is 11.5. The van der Waals surface area contributed by atoms with Gasteiger partial charge in [0.2, 0.25) is 0 Å². The second kappa shape index (κ2) is 16.2. The largest absolute Gasteiger partial charge is 0.418 e. The molecule has 0 fully saturated rings. The Kier molecular flexibility index (Phi) is 13.3. The van der Waals surface area contributed by atoms with Crippen LogP contribution in [-0.2, 0) is 6.18 Å². The van der Waals surface area contributed by atoms with Crippen LogP contribution >= 0.6 is 0 Å². The highest BCUT2D eigenvalue weighted by atomic mass is 19.4. The zero-order valence-electron chi connectivity index (χ0n) is 21.1. The molecule has 1 aromatic carbocycles. The van der Waals surface area contributed by atoms with Crippen LogP contribution in [-0.4, -0.2) is 16.5 Å². The van der Waals surface area contributed by atoms with Crippen molar-refractivity contribution in [2.45, 2.75) is 103 Å². The van der Waals surface area contributed by atoms with Crippen LogP contribution in [0.3, 0.4) is 0 Å². The number of unbranched alkanes of at least 4 members (excludes halogenated alkanes) is 13. The fraction of sp³-hybridized carbons (Fsp3) is 0.630. The molecule has 1 heterocycles. The van der Waals surface area contributed by atoms with Gasteiger partial charge in [-0.05, 0) is 18.6 Å². The van der Waals surface area contributed by atoms with E-state index in [-0.39, 0.29) is 17.2 Å². The van der Waals surface area contributed by atoms with Crippen molar-refractivity contribution in [3.05, 3.63) is 36.2 Å². The summed E-state index contributed by atoms with van der Waals surface area (Å²) in [6.45, 7) is 2.96. The first-order chi connectivity index (χ1) is 16.9. The van der Waals surface area contributed by atoms with E-state index in [4.69, 9.17) is 5.73 Å². The number of nitrogens with zero attached hydrogens (tertiary/aromatic N) is 2. The van der Waals surface area contributed by atoms with Gasteiger partial charge < -0.3 is 16.4 Å². The predicted octanol–water partition coefficient (Wildman–Crippen LogP) is 8.71. The molecule has 0 aliphatic heterocycles. The van der Waals surface area contributed by atoms with Gasteiger partial charge in [-0.25, -0.2) is 9.97 Å². The van der Waals surface area contributed by atoms with E-state index in [2.05, 4.69) is 27.5 Å². The van der Waals surface area contributed by atoms with E-state index in [9.17, 15) is 13.2 Å². The zero-order chi connectivity index (χ0) is 25.4. The highest BCUT2D eigenvalue weighted by molar-refractivity contribution is 5.78. The van der Waals surface area contributed by atoms with Crippen molar-refractivity contribution in [3.8, 4) is 0 Å². The van der Waals surface area contributed by atoms with Crippen LogP contribution in [0.15, 0.2) is 30.6 Å². The molecule has 0 atom stereocenters. The second-order valence-electron chi connectivity index (χ2n) is 9.18. The van der Waals surface area contributed by atoms with Crippen molar-refractivity contribution in [2.24, 2.45) is 0 Å². The molecule has 196 valence electrons. The van der Waals surface area contributed by atoms with Crippen LogP contribution in [0.25, 0.3) is 0 Å². The summed E-state index contributed by atoms with van der Waals surface area (Å²) >= 11 is 0. The van der Waals surface area contributed by atoms with Crippen LogP contribution in [0.1, 0.15) is 102 Å². The second-order valence-corrected chi connectivity index (χ2v) is 9.18. The molecule has 4 N–H and O–H groups in total. The highest BCUT2D eigenvalue weighted by Crippen LogP contribution is 2.36. The SMILES string of the molecule is CCCCCCCCCCCCCCCCNc1ncnc(Nc2ccccc2C(F)(F)F)c1N. The average molecular weight is 494 g/mol. The maximum atomic E-state index is 13.2. The molecule has 0 saturated heterocycles. The maximum absolute atomic E-state index is 13.2. The molecule has 8 heteroatoms. The monoisotopic (exact) mass is 493 g/mol. The third kappa shape index (κ3) is 11.2. The lowest BCUT2D eigenvalue weighted by Gasteiger charge is -2.16. The molecule has 0 saturated carbocycles. The van der Waals surface area contributed by atoms with E-state index >= 15 is 0 Å². The molecule has 0 bridgehead atoms. The van der Waals surface area contributed by atoms with Crippen LogP contribution in [0.4, 0.5) is 36.2 Å². The Bertz CT molecular complexity index is 842. The molecule has 2 aromatic rings. The molecule has 0 amide bonds. The summed E-state index contributed by atoms with van der Waals surface area (Å²) < 4.78 is 39.7. The Morgan fingerprint density at radius 1 is 0.743 bits per heavy atom. The van der Waals surface area contributed by atoms with Gasteiger partial charge in [0.1, 0.15) is 12.0 Å². The van der Waals surface area contributed by atoms with E-state index in [1.165, 1.54) is 102 Å². The molecule has 35 heavy (non-hydrogen) atoms. The summed E-state index contributed by atoms with van der Waals surface area (Å²) in [5.74, 6) is 0.585. The minimum Gasteiger partial charge on any atom is -0.393 e. The number of alkyl halides is 3. The first-order valence-corrected chi connectivity index (χ1v) is 13.2. The number of benzene rings is 1. The van der Waals surface area contributed by atoms with E-state index in [1.54, 1.807) is 0 Å². The number of halogens is 3. The van der Waals surface area contributed by atoms with Crippen LogP contribution < -0.4 is 16.4 Å². The molecule has 0 aliphatic carbocycles. The zero-order valence-corrected chi connectivity index (χ0v) is 21.1. The van der Waals surface area contributed by atoms with Gasteiger partial charge in [-0.2, -0.15) is 13.2 Å². The van der Waals surface area contributed by atoms with E-state index in [1.807, 2.05) is 0 Å². The third-order valence-electron chi connectivity index (χ3n) is 6.19. The number of anilines is 4. The van der Waals surface area contributed by atoms with Crippen molar-refractivity contribution >= 4 is 23.0 Å². The number of hydrogen-bond donors (Lipinski definition) is 3. The third-order valence-corrected chi connectivity index (χ3v) is 6.19. The Labute approximate surface area is 208 Å². The van der Waals surface area contributed by atoms with E-state index in [0.717, 1.165) is 18.9 Å². The van der Waals surface area contributed by atoms with Crippen LogP contribution in [0.5, 0.6) is 0 Å². The Hall–Kier alpha value is -2.51.